The maximum atomic E-state index is 13.2. The minimum Gasteiger partial charge on any atom is -0.217 e. The standard InChI is InChI=1S/C9H9Cl2FN2S2/c1-4-6(16-3-2-15-4)9-13-7(10)5(12)8(11)14-9/h4,6H,2-3H2,1H3. The normalized spacial score (nSPS) is 25.8. The van der Waals surface area contributed by atoms with E-state index in [4.69, 9.17) is 23.2 Å². The highest BCUT2D eigenvalue weighted by atomic mass is 35.5. The van der Waals surface area contributed by atoms with Gasteiger partial charge in [0.05, 0.1) is 5.25 Å². The molecule has 0 bridgehead atoms. The SMILES string of the molecule is CC1SCCSC1c1nc(Cl)c(F)c(Cl)n1. The van der Waals surface area contributed by atoms with E-state index in [2.05, 4.69) is 16.9 Å². The smallest absolute Gasteiger partial charge is 0.197 e. The van der Waals surface area contributed by atoms with Gasteiger partial charge in [0, 0.05) is 16.8 Å². The minimum atomic E-state index is -0.742. The van der Waals surface area contributed by atoms with Crippen LogP contribution in [-0.2, 0) is 0 Å². The van der Waals surface area contributed by atoms with Gasteiger partial charge in [-0.1, -0.05) is 30.1 Å². The summed E-state index contributed by atoms with van der Waals surface area (Å²) in [4.78, 5) is 7.94. The summed E-state index contributed by atoms with van der Waals surface area (Å²) in [7, 11) is 0. The second-order valence-electron chi connectivity index (χ2n) is 3.34. The fraction of sp³-hybridized carbons (Fsp3) is 0.556. The summed E-state index contributed by atoms with van der Waals surface area (Å²) in [6, 6.07) is 0. The molecule has 0 aromatic carbocycles. The molecule has 7 heteroatoms. The van der Waals surface area contributed by atoms with Crippen LogP contribution in [0.1, 0.15) is 18.0 Å². The van der Waals surface area contributed by atoms with Gasteiger partial charge < -0.3 is 0 Å². The number of nitrogens with zero attached hydrogens (tertiary/aromatic N) is 2. The minimum absolute atomic E-state index is 0.134. The Morgan fingerprint density at radius 1 is 1.19 bits per heavy atom. The van der Waals surface area contributed by atoms with Crippen LogP contribution in [0.4, 0.5) is 4.39 Å². The second kappa shape index (κ2) is 5.29. The maximum absolute atomic E-state index is 13.2. The Kier molecular flexibility index (Phi) is 4.21. The van der Waals surface area contributed by atoms with Crippen molar-refractivity contribution in [2.75, 3.05) is 11.5 Å². The predicted octanol–water partition coefficient (Wildman–Crippen LogP) is 3.83. The van der Waals surface area contributed by atoms with Gasteiger partial charge >= 0.3 is 0 Å². The molecule has 0 amide bonds. The monoisotopic (exact) mass is 298 g/mol. The lowest BCUT2D eigenvalue weighted by Gasteiger charge is -2.26. The van der Waals surface area contributed by atoms with E-state index in [1.54, 1.807) is 11.8 Å². The third-order valence-electron chi connectivity index (χ3n) is 2.23. The Balaban J connectivity index is 2.32. The molecule has 1 aromatic heterocycles. The highest BCUT2D eigenvalue weighted by Crippen LogP contribution is 2.41. The van der Waals surface area contributed by atoms with Crippen LogP contribution in [0.2, 0.25) is 10.3 Å². The molecule has 0 radical (unpaired) electrons. The van der Waals surface area contributed by atoms with Crippen LogP contribution in [0.25, 0.3) is 0 Å². The lowest BCUT2D eigenvalue weighted by molar-refractivity contribution is 0.608. The first-order chi connectivity index (χ1) is 7.59. The Morgan fingerprint density at radius 2 is 1.75 bits per heavy atom. The van der Waals surface area contributed by atoms with E-state index in [0.717, 1.165) is 11.5 Å². The van der Waals surface area contributed by atoms with Gasteiger partial charge in [-0.05, 0) is 0 Å². The van der Waals surface area contributed by atoms with Crippen LogP contribution < -0.4 is 0 Å². The number of hydrogen-bond donors (Lipinski definition) is 0. The number of thioether (sulfide) groups is 2. The molecule has 16 heavy (non-hydrogen) atoms. The molecule has 2 nitrogen and oxygen atoms in total. The molecule has 0 saturated carbocycles. The van der Waals surface area contributed by atoms with Crippen molar-refractivity contribution >= 4 is 46.7 Å². The molecule has 2 atom stereocenters. The molecule has 2 rings (SSSR count). The molecule has 0 aliphatic carbocycles. The van der Waals surface area contributed by atoms with Crippen molar-refractivity contribution in [3.8, 4) is 0 Å². The van der Waals surface area contributed by atoms with E-state index in [-0.39, 0.29) is 15.6 Å². The Bertz CT molecular complexity index is 382. The number of rotatable bonds is 1. The third-order valence-corrected chi connectivity index (χ3v) is 5.82. The van der Waals surface area contributed by atoms with E-state index in [1.165, 1.54) is 0 Å². The number of halogens is 3. The third kappa shape index (κ3) is 2.58. The quantitative estimate of drug-likeness (QED) is 0.736. The summed E-state index contributed by atoms with van der Waals surface area (Å²) in [5.74, 6) is 1.94. The van der Waals surface area contributed by atoms with Crippen molar-refractivity contribution in [2.45, 2.75) is 17.4 Å². The first kappa shape index (κ1) is 12.7. The lowest BCUT2D eigenvalue weighted by Crippen LogP contribution is -2.18. The van der Waals surface area contributed by atoms with Crippen LogP contribution in [0.3, 0.4) is 0 Å². The van der Waals surface area contributed by atoms with Crippen molar-refractivity contribution < 1.29 is 4.39 Å². The van der Waals surface area contributed by atoms with Gasteiger partial charge in [-0.2, -0.15) is 11.8 Å². The fourth-order valence-electron chi connectivity index (χ4n) is 1.45. The molecule has 1 aliphatic heterocycles. The zero-order valence-corrected chi connectivity index (χ0v) is 11.6. The Hall–Kier alpha value is 0.290. The Morgan fingerprint density at radius 3 is 2.31 bits per heavy atom. The van der Waals surface area contributed by atoms with Crippen LogP contribution in [0.15, 0.2) is 0 Å². The van der Waals surface area contributed by atoms with Gasteiger partial charge in [-0.15, -0.1) is 11.8 Å². The molecule has 2 heterocycles. The summed E-state index contributed by atoms with van der Waals surface area (Å²) < 4.78 is 13.2. The van der Waals surface area contributed by atoms with Gasteiger partial charge in [0.15, 0.2) is 16.1 Å². The summed E-state index contributed by atoms with van der Waals surface area (Å²) in [6.45, 7) is 2.11. The summed E-state index contributed by atoms with van der Waals surface area (Å²) in [5, 5.41) is 0.127. The van der Waals surface area contributed by atoms with Crippen molar-refractivity contribution in [2.24, 2.45) is 0 Å². The van der Waals surface area contributed by atoms with Gasteiger partial charge in [-0.3, -0.25) is 0 Å². The van der Waals surface area contributed by atoms with Crippen LogP contribution in [0, 0.1) is 5.82 Å². The van der Waals surface area contributed by atoms with E-state index < -0.39 is 5.82 Å². The lowest BCUT2D eigenvalue weighted by atomic mass is 10.3. The molecular formula is C9H9Cl2FN2S2. The molecule has 0 N–H and O–H groups in total. The zero-order valence-electron chi connectivity index (χ0n) is 8.41. The highest BCUT2D eigenvalue weighted by molar-refractivity contribution is 8.06. The molecular weight excluding hydrogens is 290 g/mol. The van der Waals surface area contributed by atoms with Crippen molar-refractivity contribution in [1.82, 2.24) is 9.97 Å². The van der Waals surface area contributed by atoms with E-state index in [1.807, 2.05) is 11.8 Å². The number of hydrogen-bond acceptors (Lipinski definition) is 4. The van der Waals surface area contributed by atoms with Crippen LogP contribution in [0.5, 0.6) is 0 Å². The van der Waals surface area contributed by atoms with Crippen molar-refractivity contribution in [3.63, 3.8) is 0 Å². The van der Waals surface area contributed by atoms with Crippen LogP contribution in [-0.4, -0.2) is 26.7 Å². The average Bonchev–Trinajstić information content (AvgIpc) is 2.26. The molecule has 1 fully saturated rings. The highest BCUT2D eigenvalue weighted by Gasteiger charge is 2.28. The van der Waals surface area contributed by atoms with Crippen molar-refractivity contribution in [1.29, 1.82) is 0 Å². The molecule has 2 unspecified atom stereocenters. The van der Waals surface area contributed by atoms with Crippen LogP contribution >= 0.6 is 46.7 Å². The first-order valence-corrected chi connectivity index (χ1v) is 7.56. The summed E-state index contributed by atoms with van der Waals surface area (Å²) in [5.41, 5.74) is 0. The molecule has 0 spiro atoms. The van der Waals surface area contributed by atoms with Gasteiger partial charge in [-0.25, -0.2) is 14.4 Å². The molecule has 88 valence electrons. The largest absolute Gasteiger partial charge is 0.217 e. The topological polar surface area (TPSA) is 25.8 Å². The van der Waals surface area contributed by atoms with E-state index >= 15 is 0 Å². The zero-order chi connectivity index (χ0) is 11.7. The van der Waals surface area contributed by atoms with Gasteiger partial charge in [0.2, 0.25) is 0 Å². The molecule has 1 aromatic rings. The maximum Gasteiger partial charge on any atom is 0.197 e. The second-order valence-corrected chi connectivity index (χ2v) is 6.80. The Labute approximate surface area is 112 Å². The van der Waals surface area contributed by atoms with Gasteiger partial charge in [0.1, 0.15) is 5.82 Å². The van der Waals surface area contributed by atoms with E-state index in [9.17, 15) is 4.39 Å². The predicted molar refractivity (Wildman–Crippen MR) is 69.1 cm³/mol. The first-order valence-electron chi connectivity index (χ1n) is 4.71. The number of aromatic nitrogens is 2. The van der Waals surface area contributed by atoms with Crippen molar-refractivity contribution in [3.05, 3.63) is 21.9 Å². The molecule has 1 saturated heterocycles. The average molecular weight is 299 g/mol. The summed E-state index contributed by atoms with van der Waals surface area (Å²) in [6.07, 6.45) is 0. The van der Waals surface area contributed by atoms with E-state index in [0.29, 0.717) is 11.1 Å². The fourth-order valence-corrected chi connectivity index (χ4v) is 4.54. The molecule has 1 aliphatic rings. The summed E-state index contributed by atoms with van der Waals surface area (Å²) >= 11 is 14.9. The van der Waals surface area contributed by atoms with Gasteiger partial charge in [0.25, 0.3) is 0 Å².